The van der Waals surface area contributed by atoms with E-state index in [0.29, 0.717) is 12.1 Å². The number of hydrogen-bond donors (Lipinski definition) is 0. The van der Waals surface area contributed by atoms with Gasteiger partial charge in [-0.05, 0) is 42.5 Å². The van der Waals surface area contributed by atoms with Crippen LogP contribution in [-0.4, -0.2) is 10.4 Å². The van der Waals surface area contributed by atoms with E-state index in [-0.39, 0.29) is 29.3 Å². The van der Waals surface area contributed by atoms with Gasteiger partial charge in [0.1, 0.15) is 29.2 Å². The monoisotopic (exact) mass is 588 g/mol. The van der Waals surface area contributed by atoms with Gasteiger partial charge in [0.15, 0.2) is 17.6 Å². The summed E-state index contributed by atoms with van der Waals surface area (Å²) >= 11 is 0. The van der Waals surface area contributed by atoms with Crippen LogP contribution in [0.2, 0.25) is 0 Å². The fourth-order valence-electron chi connectivity index (χ4n) is 5.13. The lowest BCUT2D eigenvalue weighted by atomic mass is 10.1. The summed E-state index contributed by atoms with van der Waals surface area (Å²) in [5.41, 5.74) is 5.30. The van der Waals surface area contributed by atoms with Gasteiger partial charge in [0.25, 0.3) is 0 Å². The molecule has 0 fully saturated rings. The molecule has 0 saturated heterocycles. The molecule has 0 bridgehead atoms. The van der Waals surface area contributed by atoms with Gasteiger partial charge in [0.05, 0.1) is 5.57 Å². The van der Waals surface area contributed by atoms with Gasteiger partial charge in [0, 0.05) is 16.3 Å². The summed E-state index contributed by atoms with van der Waals surface area (Å²) in [7, 11) is 0. The standard InChI is InChI=1S/C34H25N2O3.BrH/c37-30(24-10-2-1-3-11-24)22-36-23-35(28-14-6-7-15-29(28)36)19-18-27(33-20-25-12-4-8-16-31(25)38-33)34-21-26-13-5-9-17-32(26)39-34;/h1-18,20-21,23H,19,22H2;1H/q+1;/p-1. The number of benzene rings is 4. The summed E-state index contributed by atoms with van der Waals surface area (Å²) in [4.78, 5) is 13.0. The second-order valence-corrected chi connectivity index (χ2v) is 9.59. The van der Waals surface area contributed by atoms with Crippen molar-refractivity contribution in [2.75, 3.05) is 0 Å². The Morgan fingerprint density at radius 1 is 0.725 bits per heavy atom. The van der Waals surface area contributed by atoms with Gasteiger partial charge < -0.3 is 25.8 Å². The highest BCUT2D eigenvalue weighted by molar-refractivity contribution is 5.95. The lowest BCUT2D eigenvalue weighted by Gasteiger charge is -2.01. The maximum Gasteiger partial charge on any atom is 0.245 e. The zero-order valence-corrected chi connectivity index (χ0v) is 23.1. The number of carbonyl (C=O) groups is 1. The topological polar surface area (TPSA) is 52.2 Å². The molecule has 0 radical (unpaired) electrons. The molecular weight excluding hydrogens is 564 g/mol. The van der Waals surface area contributed by atoms with Crippen molar-refractivity contribution < 1.29 is 35.2 Å². The fraction of sp³-hybridized carbons (Fsp3) is 0.0588. The van der Waals surface area contributed by atoms with Crippen LogP contribution in [-0.2, 0) is 13.1 Å². The predicted molar refractivity (Wildman–Crippen MR) is 152 cm³/mol. The molecule has 0 N–H and O–H groups in total. The average molecular weight is 589 g/mol. The first-order chi connectivity index (χ1) is 19.2. The molecule has 40 heavy (non-hydrogen) atoms. The molecule has 0 unspecified atom stereocenters. The zero-order valence-electron chi connectivity index (χ0n) is 21.5. The van der Waals surface area contributed by atoms with Crippen molar-refractivity contribution >= 4 is 44.3 Å². The van der Waals surface area contributed by atoms with Gasteiger partial charge in [-0.15, -0.1) is 0 Å². The Bertz CT molecular complexity index is 1850. The number of hydrogen-bond acceptors (Lipinski definition) is 3. The summed E-state index contributed by atoms with van der Waals surface area (Å²) in [6, 6.07) is 37.7. The summed E-state index contributed by atoms with van der Waals surface area (Å²) in [5, 5.41) is 2.08. The number of rotatable bonds is 7. The van der Waals surface area contributed by atoms with Crippen LogP contribution in [0.3, 0.4) is 0 Å². The third-order valence-electron chi connectivity index (χ3n) is 7.06. The highest BCUT2D eigenvalue weighted by Crippen LogP contribution is 2.33. The van der Waals surface area contributed by atoms with Crippen LogP contribution in [0.1, 0.15) is 21.9 Å². The van der Waals surface area contributed by atoms with Crippen LogP contribution in [0, 0.1) is 0 Å². The minimum Gasteiger partial charge on any atom is -1.00 e. The third-order valence-corrected chi connectivity index (χ3v) is 7.06. The first kappa shape index (κ1) is 25.6. The van der Waals surface area contributed by atoms with E-state index >= 15 is 0 Å². The van der Waals surface area contributed by atoms with Gasteiger partial charge >= 0.3 is 0 Å². The van der Waals surface area contributed by atoms with E-state index in [9.17, 15) is 4.79 Å². The molecule has 0 atom stereocenters. The number of furan rings is 2. The Kier molecular flexibility index (Phi) is 6.93. The lowest BCUT2D eigenvalue weighted by Crippen LogP contribution is -3.00. The molecule has 0 aliphatic heterocycles. The highest BCUT2D eigenvalue weighted by Gasteiger charge is 2.20. The summed E-state index contributed by atoms with van der Waals surface area (Å²) < 4.78 is 16.7. The molecule has 0 amide bonds. The van der Waals surface area contributed by atoms with Gasteiger partial charge in [0.2, 0.25) is 12.1 Å². The van der Waals surface area contributed by atoms with E-state index in [4.69, 9.17) is 8.83 Å². The van der Waals surface area contributed by atoms with E-state index in [1.807, 2.05) is 108 Å². The third kappa shape index (κ3) is 4.78. The minimum atomic E-state index is 0. The zero-order chi connectivity index (χ0) is 26.2. The number of halogens is 1. The van der Waals surface area contributed by atoms with Crippen LogP contribution in [0.15, 0.2) is 136 Å². The Balaban J connectivity index is 0.00000289. The van der Waals surface area contributed by atoms with Crippen LogP contribution >= 0.6 is 0 Å². The van der Waals surface area contributed by atoms with Gasteiger partial charge in [-0.3, -0.25) is 4.79 Å². The maximum absolute atomic E-state index is 13.0. The first-order valence-electron chi connectivity index (χ1n) is 13.0. The molecule has 0 aliphatic carbocycles. The average Bonchev–Trinajstić information content (AvgIpc) is 3.69. The number of para-hydroxylation sites is 4. The van der Waals surface area contributed by atoms with Crippen molar-refractivity contribution in [2.45, 2.75) is 13.1 Å². The van der Waals surface area contributed by atoms with Crippen molar-refractivity contribution in [1.29, 1.82) is 0 Å². The van der Waals surface area contributed by atoms with Crippen molar-refractivity contribution in [3.05, 3.63) is 145 Å². The molecule has 3 aromatic heterocycles. The van der Waals surface area contributed by atoms with Crippen LogP contribution in [0.5, 0.6) is 0 Å². The molecule has 196 valence electrons. The Hall–Kier alpha value is -4.68. The van der Waals surface area contributed by atoms with Crippen molar-refractivity contribution in [1.82, 2.24) is 4.57 Å². The molecule has 7 aromatic rings. The lowest BCUT2D eigenvalue weighted by molar-refractivity contribution is -0.657. The smallest absolute Gasteiger partial charge is 0.245 e. The number of imidazole rings is 1. The van der Waals surface area contributed by atoms with Crippen LogP contribution in [0.4, 0.5) is 0 Å². The normalized spacial score (nSPS) is 11.1. The minimum absolute atomic E-state index is 0. The van der Waals surface area contributed by atoms with E-state index in [0.717, 1.165) is 50.1 Å². The first-order valence-corrected chi connectivity index (χ1v) is 13.0. The summed E-state index contributed by atoms with van der Waals surface area (Å²) in [6.07, 6.45) is 4.14. The SMILES string of the molecule is O=C(C[n+]1cn(CC=C(c2cc3ccccc3o2)c2cc3ccccc3o2)c2ccccc21)c1ccccc1.[Br-]. The quantitative estimate of drug-likeness (QED) is 0.204. The number of Topliss-reactive ketones (excluding diaryl/α,β-unsaturated/α-hetero) is 1. The number of carbonyl (C=O) groups excluding carboxylic acids is 1. The van der Waals surface area contributed by atoms with Crippen molar-refractivity contribution in [3.63, 3.8) is 0 Å². The van der Waals surface area contributed by atoms with Gasteiger partial charge in [-0.1, -0.05) is 78.9 Å². The Morgan fingerprint density at radius 3 is 1.95 bits per heavy atom. The van der Waals surface area contributed by atoms with Gasteiger partial charge in [-0.2, -0.15) is 0 Å². The van der Waals surface area contributed by atoms with E-state index in [1.165, 1.54) is 0 Å². The molecule has 0 spiro atoms. The summed E-state index contributed by atoms with van der Waals surface area (Å²) in [6.45, 7) is 0.831. The Morgan fingerprint density at radius 2 is 1.30 bits per heavy atom. The summed E-state index contributed by atoms with van der Waals surface area (Å²) in [5.74, 6) is 1.57. The molecule has 3 heterocycles. The van der Waals surface area contributed by atoms with Crippen LogP contribution < -0.4 is 21.5 Å². The maximum atomic E-state index is 13.0. The van der Waals surface area contributed by atoms with E-state index in [2.05, 4.69) is 28.8 Å². The number of aromatic nitrogens is 2. The molecule has 5 nitrogen and oxygen atoms in total. The van der Waals surface area contributed by atoms with Crippen LogP contribution in [0.25, 0.3) is 38.5 Å². The second-order valence-electron chi connectivity index (χ2n) is 9.59. The number of nitrogens with zero attached hydrogens (tertiary/aromatic N) is 2. The fourth-order valence-corrected chi connectivity index (χ4v) is 5.13. The molecule has 4 aromatic carbocycles. The molecule has 6 heteroatoms. The predicted octanol–water partition coefficient (Wildman–Crippen LogP) is 4.44. The molecule has 0 saturated carbocycles. The largest absolute Gasteiger partial charge is 1.00 e. The number of ketones is 1. The molecule has 7 rings (SSSR count). The Labute approximate surface area is 241 Å². The number of allylic oxidation sites excluding steroid dienone is 1. The molecule has 0 aliphatic rings. The number of fused-ring (bicyclic) bond motifs is 3. The van der Waals surface area contributed by atoms with E-state index in [1.54, 1.807) is 0 Å². The van der Waals surface area contributed by atoms with Crippen molar-refractivity contribution in [2.24, 2.45) is 0 Å². The van der Waals surface area contributed by atoms with Crippen molar-refractivity contribution in [3.8, 4) is 0 Å². The van der Waals surface area contributed by atoms with E-state index < -0.39 is 0 Å². The highest BCUT2D eigenvalue weighted by atomic mass is 79.9. The second kappa shape index (κ2) is 10.8. The molecular formula is C34H25BrN2O3. The van der Waals surface area contributed by atoms with Gasteiger partial charge in [-0.25, -0.2) is 9.13 Å².